The van der Waals surface area contributed by atoms with E-state index in [-0.39, 0.29) is 17.1 Å². The smallest absolute Gasteiger partial charge is 0.257 e. The number of carbonyl (C=O) groups excluding carboxylic acids is 1. The van der Waals surface area contributed by atoms with Crippen LogP contribution in [0.25, 0.3) is 0 Å². The minimum atomic E-state index is -0.271. The Hall–Kier alpha value is -2.60. The largest absolute Gasteiger partial charge is 0.494 e. The zero-order chi connectivity index (χ0) is 20.4. The predicted molar refractivity (Wildman–Crippen MR) is 117 cm³/mol. The number of rotatable bonds is 9. The maximum Gasteiger partial charge on any atom is 0.257 e. The van der Waals surface area contributed by atoms with Crippen LogP contribution in [0.15, 0.2) is 48.5 Å². The summed E-state index contributed by atoms with van der Waals surface area (Å²) in [6.07, 6.45) is 3.19. The minimum absolute atomic E-state index is 0.139. The Bertz CT molecular complexity index is 760. The van der Waals surface area contributed by atoms with Gasteiger partial charge in [0.1, 0.15) is 11.5 Å². The summed E-state index contributed by atoms with van der Waals surface area (Å²) < 4.78 is 11.3. The van der Waals surface area contributed by atoms with Crippen molar-refractivity contribution in [1.82, 2.24) is 5.32 Å². The first kappa shape index (κ1) is 21.7. The Morgan fingerprint density at radius 1 is 1.04 bits per heavy atom. The quantitative estimate of drug-likeness (QED) is 0.449. The van der Waals surface area contributed by atoms with E-state index < -0.39 is 0 Å². The van der Waals surface area contributed by atoms with Crippen LogP contribution in [0, 0.1) is 0 Å². The van der Waals surface area contributed by atoms with Crippen LogP contribution in [-0.2, 0) is 0 Å². The fraction of sp³-hybridized carbons (Fsp3) is 0.364. The molecule has 2 N–H and O–H groups in total. The number of hydrogen-bond donors (Lipinski definition) is 2. The van der Waals surface area contributed by atoms with E-state index in [4.69, 9.17) is 21.7 Å². The Kier molecular flexibility index (Phi) is 8.75. The fourth-order valence-corrected chi connectivity index (χ4v) is 2.52. The lowest BCUT2D eigenvalue weighted by Gasteiger charge is -2.13. The fourth-order valence-electron chi connectivity index (χ4n) is 2.31. The number of thiocarbonyl (C=S) groups is 1. The highest BCUT2D eigenvalue weighted by Crippen LogP contribution is 2.17. The third-order valence-electron chi connectivity index (χ3n) is 4.13. The van der Waals surface area contributed by atoms with Gasteiger partial charge in [-0.2, -0.15) is 0 Å². The van der Waals surface area contributed by atoms with Crippen LogP contribution in [-0.4, -0.2) is 23.7 Å². The lowest BCUT2D eigenvalue weighted by atomic mass is 10.2. The van der Waals surface area contributed by atoms with Crippen LogP contribution in [0.4, 0.5) is 5.69 Å². The molecule has 28 heavy (non-hydrogen) atoms. The van der Waals surface area contributed by atoms with Crippen LogP contribution in [0.1, 0.15) is 50.4 Å². The topological polar surface area (TPSA) is 59.6 Å². The Labute approximate surface area is 172 Å². The number of anilines is 1. The molecule has 0 saturated carbocycles. The molecule has 1 atom stereocenters. The second-order valence-electron chi connectivity index (χ2n) is 6.50. The number of hydrogen-bond acceptors (Lipinski definition) is 4. The summed E-state index contributed by atoms with van der Waals surface area (Å²) in [5.74, 6) is 1.29. The molecule has 6 heteroatoms. The van der Waals surface area contributed by atoms with Crippen molar-refractivity contribution in [1.29, 1.82) is 0 Å². The maximum atomic E-state index is 12.3. The third kappa shape index (κ3) is 7.19. The Morgan fingerprint density at radius 3 is 2.29 bits per heavy atom. The van der Waals surface area contributed by atoms with Gasteiger partial charge < -0.3 is 14.8 Å². The van der Waals surface area contributed by atoms with E-state index in [0.717, 1.165) is 36.4 Å². The van der Waals surface area contributed by atoms with Crippen LogP contribution in [0.3, 0.4) is 0 Å². The van der Waals surface area contributed by atoms with Gasteiger partial charge in [0.15, 0.2) is 5.11 Å². The van der Waals surface area contributed by atoms with E-state index in [0.29, 0.717) is 12.2 Å². The molecule has 2 rings (SSSR count). The third-order valence-corrected chi connectivity index (χ3v) is 4.34. The van der Waals surface area contributed by atoms with Gasteiger partial charge in [-0.1, -0.05) is 20.3 Å². The van der Waals surface area contributed by atoms with Gasteiger partial charge in [0.05, 0.1) is 12.7 Å². The highest BCUT2D eigenvalue weighted by atomic mass is 32.1. The van der Waals surface area contributed by atoms with Crippen molar-refractivity contribution < 1.29 is 14.3 Å². The molecule has 2 aromatic rings. The summed E-state index contributed by atoms with van der Waals surface area (Å²) >= 11 is 5.23. The van der Waals surface area contributed by atoms with E-state index in [2.05, 4.69) is 24.5 Å². The van der Waals surface area contributed by atoms with E-state index in [9.17, 15) is 4.79 Å². The normalized spacial score (nSPS) is 11.4. The highest BCUT2D eigenvalue weighted by molar-refractivity contribution is 7.80. The second kappa shape index (κ2) is 11.3. The zero-order valence-corrected chi connectivity index (χ0v) is 17.5. The van der Waals surface area contributed by atoms with Crippen molar-refractivity contribution in [3.63, 3.8) is 0 Å². The summed E-state index contributed by atoms with van der Waals surface area (Å²) in [4.78, 5) is 12.3. The monoisotopic (exact) mass is 400 g/mol. The van der Waals surface area contributed by atoms with Crippen LogP contribution >= 0.6 is 12.2 Å². The molecule has 150 valence electrons. The number of unbranched alkanes of at least 4 members (excludes halogenated alkanes) is 1. The lowest BCUT2D eigenvalue weighted by molar-refractivity contribution is 0.0977. The number of carbonyl (C=O) groups is 1. The van der Waals surface area contributed by atoms with Crippen molar-refractivity contribution >= 4 is 28.9 Å². The van der Waals surface area contributed by atoms with Gasteiger partial charge in [0.2, 0.25) is 0 Å². The van der Waals surface area contributed by atoms with E-state index in [1.165, 1.54) is 0 Å². The van der Waals surface area contributed by atoms with E-state index in [1.54, 1.807) is 24.3 Å². The van der Waals surface area contributed by atoms with Crippen molar-refractivity contribution in [2.75, 3.05) is 11.9 Å². The minimum Gasteiger partial charge on any atom is -0.494 e. The van der Waals surface area contributed by atoms with Gasteiger partial charge in [0, 0.05) is 11.3 Å². The first-order chi connectivity index (χ1) is 13.5. The zero-order valence-electron chi connectivity index (χ0n) is 16.7. The number of amides is 1. The Morgan fingerprint density at radius 2 is 1.68 bits per heavy atom. The molecule has 0 spiro atoms. The molecule has 2 aromatic carbocycles. The molecule has 1 unspecified atom stereocenters. The van der Waals surface area contributed by atoms with Crippen molar-refractivity contribution in [2.45, 2.75) is 46.1 Å². The van der Waals surface area contributed by atoms with Gasteiger partial charge >= 0.3 is 0 Å². The van der Waals surface area contributed by atoms with Crippen LogP contribution in [0.5, 0.6) is 11.5 Å². The summed E-state index contributed by atoms with van der Waals surface area (Å²) in [6.45, 7) is 6.90. The molecule has 0 aliphatic rings. The van der Waals surface area contributed by atoms with Crippen LogP contribution < -0.4 is 20.1 Å². The number of benzene rings is 2. The van der Waals surface area contributed by atoms with Crippen molar-refractivity contribution in [3.05, 3.63) is 54.1 Å². The van der Waals surface area contributed by atoms with Gasteiger partial charge in [-0.05, 0) is 80.5 Å². The molecular formula is C22H28N2O3S. The van der Waals surface area contributed by atoms with Crippen LogP contribution in [0.2, 0.25) is 0 Å². The number of nitrogens with one attached hydrogen (secondary N) is 2. The molecule has 0 aromatic heterocycles. The van der Waals surface area contributed by atoms with Gasteiger partial charge in [-0.3, -0.25) is 10.1 Å². The molecule has 0 bridgehead atoms. The average molecular weight is 401 g/mol. The van der Waals surface area contributed by atoms with Gasteiger partial charge in [-0.15, -0.1) is 0 Å². The SMILES string of the molecule is CCCCOc1ccc(NC(=S)NC(=O)c2ccc(OC(C)CC)cc2)cc1. The lowest BCUT2D eigenvalue weighted by Crippen LogP contribution is -2.34. The molecule has 0 saturated heterocycles. The van der Waals surface area contributed by atoms with E-state index >= 15 is 0 Å². The summed E-state index contributed by atoms with van der Waals surface area (Å²) in [5.41, 5.74) is 1.30. The molecule has 0 aliphatic carbocycles. The highest BCUT2D eigenvalue weighted by Gasteiger charge is 2.09. The van der Waals surface area contributed by atoms with Crippen molar-refractivity contribution in [2.24, 2.45) is 0 Å². The predicted octanol–water partition coefficient (Wildman–Crippen LogP) is 5.17. The molecule has 0 radical (unpaired) electrons. The molecule has 0 aliphatic heterocycles. The molecule has 0 heterocycles. The molecule has 1 amide bonds. The standard InChI is InChI=1S/C22H28N2O3S/c1-4-6-15-26-19-13-9-18(10-14-19)23-22(28)24-21(25)17-7-11-20(12-8-17)27-16(3)5-2/h7-14,16H,4-6,15H2,1-3H3,(H2,23,24,25,28). The molecular weight excluding hydrogens is 372 g/mol. The summed E-state index contributed by atoms with van der Waals surface area (Å²) in [6, 6.07) is 14.5. The van der Waals surface area contributed by atoms with Gasteiger partial charge in [0.25, 0.3) is 5.91 Å². The van der Waals surface area contributed by atoms with Crippen molar-refractivity contribution in [3.8, 4) is 11.5 Å². The first-order valence-corrected chi connectivity index (χ1v) is 10.0. The summed E-state index contributed by atoms with van der Waals surface area (Å²) in [5, 5.41) is 5.92. The first-order valence-electron chi connectivity index (χ1n) is 9.63. The average Bonchev–Trinajstić information content (AvgIpc) is 2.69. The Balaban J connectivity index is 1.84. The second-order valence-corrected chi connectivity index (χ2v) is 6.90. The molecule has 5 nitrogen and oxygen atoms in total. The number of ether oxygens (including phenoxy) is 2. The summed E-state index contributed by atoms with van der Waals surface area (Å²) in [7, 11) is 0. The maximum absolute atomic E-state index is 12.3. The van der Waals surface area contributed by atoms with E-state index in [1.807, 2.05) is 31.2 Å². The van der Waals surface area contributed by atoms with Gasteiger partial charge in [-0.25, -0.2) is 0 Å². The molecule has 0 fully saturated rings.